The molecular weight excluding hydrogens is 330 g/mol. The monoisotopic (exact) mass is 356 g/mol. The van der Waals surface area contributed by atoms with Crippen LogP contribution in [0.5, 0.6) is 11.5 Å². The molecule has 140 valence electrons. The van der Waals surface area contributed by atoms with E-state index in [2.05, 4.69) is 15.4 Å². The molecule has 1 aliphatic rings. The van der Waals surface area contributed by atoms with E-state index in [9.17, 15) is 13.6 Å². The fraction of sp³-hybridized carbons (Fsp3) is 0.611. The first-order valence-electron chi connectivity index (χ1n) is 8.75. The highest BCUT2D eigenvalue weighted by Gasteiger charge is 2.20. The van der Waals surface area contributed by atoms with Crippen LogP contribution >= 0.6 is 0 Å². The smallest absolute Gasteiger partial charge is 0.387 e. The number of nitrogens with one attached hydrogen (secondary N) is 2. The molecule has 2 rings (SSSR count). The Morgan fingerprint density at radius 3 is 2.56 bits per heavy atom. The molecule has 0 bridgehead atoms. The second-order valence-electron chi connectivity index (χ2n) is 6.11. The summed E-state index contributed by atoms with van der Waals surface area (Å²) >= 11 is 0. The first-order chi connectivity index (χ1) is 12.1. The van der Waals surface area contributed by atoms with Gasteiger partial charge in [-0.25, -0.2) is 0 Å². The van der Waals surface area contributed by atoms with Gasteiger partial charge in [0.25, 0.3) is 5.91 Å². The van der Waals surface area contributed by atoms with Gasteiger partial charge < -0.3 is 20.1 Å². The molecule has 1 aliphatic carbocycles. The lowest BCUT2D eigenvalue weighted by molar-refractivity contribution is -0.0515. The standard InChI is InChI=1S/C18H26F2N2O3/c1-24-15-10-6-9-14(16(15)25-18(19)20)17(23)22-12-11-21-13-7-4-2-3-5-8-13/h6,9-10,13,18,21H,2-5,7-8,11-12H2,1H3,(H,22,23). The van der Waals surface area contributed by atoms with E-state index >= 15 is 0 Å². The molecule has 0 atom stereocenters. The molecule has 1 saturated carbocycles. The Bertz CT molecular complexity index is 547. The van der Waals surface area contributed by atoms with Gasteiger partial charge in [0.05, 0.1) is 12.7 Å². The van der Waals surface area contributed by atoms with Crippen LogP contribution < -0.4 is 20.1 Å². The van der Waals surface area contributed by atoms with Crippen LogP contribution in [0.25, 0.3) is 0 Å². The van der Waals surface area contributed by atoms with E-state index in [1.807, 2.05) is 0 Å². The number of benzene rings is 1. The van der Waals surface area contributed by atoms with Gasteiger partial charge in [0.2, 0.25) is 0 Å². The highest BCUT2D eigenvalue weighted by atomic mass is 19.3. The highest BCUT2D eigenvalue weighted by molar-refractivity contribution is 5.97. The maximum Gasteiger partial charge on any atom is 0.387 e. The zero-order chi connectivity index (χ0) is 18.1. The molecule has 5 nitrogen and oxygen atoms in total. The van der Waals surface area contributed by atoms with Gasteiger partial charge in [-0.15, -0.1) is 0 Å². The molecule has 1 aromatic rings. The number of carbonyl (C=O) groups excluding carboxylic acids is 1. The van der Waals surface area contributed by atoms with Gasteiger partial charge in [0.1, 0.15) is 0 Å². The summed E-state index contributed by atoms with van der Waals surface area (Å²) in [4.78, 5) is 12.3. The summed E-state index contributed by atoms with van der Waals surface area (Å²) < 4.78 is 34.7. The third kappa shape index (κ3) is 6.16. The normalized spacial score (nSPS) is 15.7. The van der Waals surface area contributed by atoms with Crippen molar-refractivity contribution < 1.29 is 23.0 Å². The minimum absolute atomic E-state index is 0.0362. The quantitative estimate of drug-likeness (QED) is 0.554. The number of halogens is 2. The lowest BCUT2D eigenvalue weighted by Crippen LogP contribution is -2.37. The molecule has 1 aromatic carbocycles. The predicted molar refractivity (Wildman–Crippen MR) is 91.5 cm³/mol. The van der Waals surface area contributed by atoms with Crippen LogP contribution in [0, 0.1) is 0 Å². The summed E-state index contributed by atoms with van der Waals surface area (Å²) in [7, 11) is 1.34. The molecule has 2 N–H and O–H groups in total. The fourth-order valence-corrected chi connectivity index (χ4v) is 3.10. The third-order valence-corrected chi connectivity index (χ3v) is 4.35. The van der Waals surface area contributed by atoms with Gasteiger partial charge in [-0.2, -0.15) is 8.78 Å². The molecular formula is C18H26F2N2O3. The van der Waals surface area contributed by atoms with Crippen molar-refractivity contribution in [1.82, 2.24) is 10.6 Å². The second-order valence-corrected chi connectivity index (χ2v) is 6.11. The summed E-state index contributed by atoms with van der Waals surface area (Å²) in [6, 6.07) is 4.97. The van der Waals surface area contributed by atoms with Gasteiger partial charge in [-0.1, -0.05) is 31.7 Å². The van der Waals surface area contributed by atoms with E-state index in [1.54, 1.807) is 6.07 Å². The fourth-order valence-electron chi connectivity index (χ4n) is 3.10. The van der Waals surface area contributed by atoms with Crippen LogP contribution in [0.4, 0.5) is 8.78 Å². The maximum absolute atomic E-state index is 12.6. The molecule has 0 radical (unpaired) electrons. The topological polar surface area (TPSA) is 59.6 Å². The lowest BCUT2D eigenvalue weighted by atomic mass is 10.1. The van der Waals surface area contributed by atoms with Gasteiger partial charge >= 0.3 is 6.61 Å². The molecule has 25 heavy (non-hydrogen) atoms. The predicted octanol–water partition coefficient (Wildman–Crippen LogP) is 3.34. The third-order valence-electron chi connectivity index (χ3n) is 4.35. The highest BCUT2D eigenvalue weighted by Crippen LogP contribution is 2.32. The summed E-state index contributed by atoms with van der Waals surface area (Å²) in [6.45, 7) is -1.97. The molecule has 1 amide bonds. The number of hydrogen-bond acceptors (Lipinski definition) is 4. The number of rotatable bonds is 8. The average molecular weight is 356 g/mol. The van der Waals surface area contributed by atoms with E-state index in [-0.39, 0.29) is 17.1 Å². The average Bonchev–Trinajstić information content (AvgIpc) is 2.87. The summed E-state index contributed by atoms with van der Waals surface area (Å²) in [6.07, 6.45) is 7.38. The molecule has 0 aromatic heterocycles. The number of amides is 1. The minimum atomic E-state index is -3.03. The van der Waals surface area contributed by atoms with Crippen LogP contribution in [0.2, 0.25) is 0 Å². The number of carbonyl (C=O) groups is 1. The number of para-hydroxylation sites is 1. The van der Waals surface area contributed by atoms with Gasteiger partial charge in [0.15, 0.2) is 11.5 Å². The Hall–Kier alpha value is -1.89. The Kier molecular flexibility index (Phi) is 7.91. The maximum atomic E-state index is 12.6. The molecule has 0 heterocycles. The van der Waals surface area contributed by atoms with Crippen LogP contribution in [-0.2, 0) is 0 Å². The zero-order valence-corrected chi connectivity index (χ0v) is 14.5. The first kappa shape index (κ1) is 19.4. The van der Waals surface area contributed by atoms with Crippen molar-refractivity contribution in [2.45, 2.75) is 51.2 Å². The number of ether oxygens (including phenoxy) is 2. The Balaban J connectivity index is 1.87. The van der Waals surface area contributed by atoms with Crippen LogP contribution in [0.1, 0.15) is 48.9 Å². The SMILES string of the molecule is COc1cccc(C(=O)NCCNC2CCCCCC2)c1OC(F)F. The molecule has 0 spiro atoms. The summed E-state index contributed by atoms with van der Waals surface area (Å²) in [5.74, 6) is -0.601. The van der Waals surface area contributed by atoms with Crippen LogP contribution in [0.3, 0.4) is 0 Å². The van der Waals surface area contributed by atoms with E-state index in [4.69, 9.17) is 4.74 Å². The van der Waals surface area contributed by atoms with Crippen molar-refractivity contribution in [3.05, 3.63) is 23.8 Å². The second kappa shape index (κ2) is 10.2. The van der Waals surface area contributed by atoms with Crippen molar-refractivity contribution >= 4 is 5.91 Å². The Labute approximate surface area is 147 Å². The Morgan fingerprint density at radius 1 is 1.20 bits per heavy atom. The molecule has 7 heteroatoms. The van der Waals surface area contributed by atoms with E-state index < -0.39 is 12.5 Å². The van der Waals surface area contributed by atoms with E-state index in [0.29, 0.717) is 19.1 Å². The molecule has 0 aliphatic heterocycles. The van der Waals surface area contributed by atoms with Gasteiger partial charge in [-0.05, 0) is 25.0 Å². The molecule has 0 unspecified atom stereocenters. The van der Waals surface area contributed by atoms with Crippen molar-refractivity contribution in [2.24, 2.45) is 0 Å². The minimum Gasteiger partial charge on any atom is -0.493 e. The summed E-state index contributed by atoms with van der Waals surface area (Å²) in [5.41, 5.74) is 0.0362. The van der Waals surface area contributed by atoms with Crippen LogP contribution in [-0.4, -0.2) is 38.8 Å². The van der Waals surface area contributed by atoms with Gasteiger partial charge in [-0.3, -0.25) is 4.79 Å². The van der Waals surface area contributed by atoms with E-state index in [0.717, 1.165) is 12.8 Å². The summed E-state index contributed by atoms with van der Waals surface area (Å²) in [5, 5.41) is 6.18. The largest absolute Gasteiger partial charge is 0.493 e. The number of alkyl halides is 2. The van der Waals surface area contributed by atoms with Crippen molar-refractivity contribution in [2.75, 3.05) is 20.2 Å². The molecule has 1 fully saturated rings. The van der Waals surface area contributed by atoms with Crippen molar-refractivity contribution in [1.29, 1.82) is 0 Å². The lowest BCUT2D eigenvalue weighted by Gasteiger charge is -2.17. The molecule has 0 saturated heterocycles. The van der Waals surface area contributed by atoms with Crippen LogP contribution in [0.15, 0.2) is 18.2 Å². The van der Waals surface area contributed by atoms with E-state index in [1.165, 1.54) is 44.9 Å². The first-order valence-corrected chi connectivity index (χ1v) is 8.75. The van der Waals surface area contributed by atoms with Gasteiger partial charge in [0, 0.05) is 19.1 Å². The van der Waals surface area contributed by atoms with Crippen molar-refractivity contribution in [3.63, 3.8) is 0 Å². The van der Waals surface area contributed by atoms with Crippen molar-refractivity contribution in [3.8, 4) is 11.5 Å². The number of methoxy groups -OCH3 is 1. The Morgan fingerprint density at radius 2 is 1.92 bits per heavy atom. The number of hydrogen-bond donors (Lipinski definition) is 2. The zero-order valence-electron chi connectivity index (χ0n) is 14.5.